The van der Waals surface area contributed by atoms with Gasteiger partial charge in [0.25, 0.3) is 5.69 Å². The first-order valence-corrected chi connectivity index (χ1v) is 6.65. The lowest BCUT2D eigenvalue weighted by Crippen LogP contribution is -3.00. The van der Waals surface area contributed by atoms with Crippen LogP contribution in [-0.2, 0) is 0 Å². The molecule has 0 aliphatic carbocycles. The van der Waals surface area contributed by atoms with Crippen LogP contribution in [0.15, 0.2) is 34.8 Å². The molecule has 0 aliphatic rings. The standard InChI is InChI=1S/C11H10N3S2.HI/c1-15-11-10(9(13)8(7-12)16-11)14-5-3-2-4-6-14;/h2-6H,13H2,1H3;1H/q+1;/p-1. The summed E-state index contributed by atoms with van der Waals surface area (Å²) in [6.07, 6.45) is 5.85. The van der Waals surface area contributed by atoms with Crippen molar-refractivity contribution in [1.29, 1.82) is 5.26 Å². The van der Waals surface area contributed by atoms with Crippen LogP contribution in [0.3, 0.4) is 0 Å². The van der Waals surface area contributed by atoms with Crippen LogP contribution in [0.5, 0.6) is 0 Å². The summed E-state index contributed by atoms with van der Waals surface area (Å²) in [7, 11) is 0. The number of halogens is 1. The zero-order valence-electron chi connectivity index (χ0n) is 9.05. The van der Waals surface area contributed by atoms with Crippen molar-refractivity contribution in [2.24, 2.45) is 0 Å². The van der Waals surface area contributed by atoms with Gasteiger partial charge in [0.15, 0.2) is 12.4 Å². The van der Waals surface area contributed by atoms with Gasteiger partial charge in [-0.1, -0.05) is 6.07 Å². The van der Waals surface area contributed by atoms with Crippen molar-refractivity contribution in [2.45, 2.75) is 4.21 Å². The number of hydrogen-bond acceptors (Lipinski definition) is 4. The number of hydrogen-bond donors (Lipinski definition) is 1. The summed E-state index contributed by atoms with van der Waals surface area (Å²) in [6.45, 7) is 0. The second-order valence-electron chi connectivity index (χ2n) is 3.08. The largest absolute Gasteiger partial charge is 1.00 e. The molecular weight excluding hydrogens is 365 g/mol. The Morgan fingerprint density at radius 2 is 2.00 bits per heavy atom. The average Bonchev–Trinajstić information content (AvgIpc) is 2.66. The van der Waals surface area contributed by atoms with Crippen LogP contribution in [0.2, 0.25) is 0 Å². The van der Waals surface area contributed by atoms with Crippen LogP contribution < -0.4 is 34.3 Å². The van der Waals surface area contributed by atoms with E-state index in [1.54, 1.807) is 11.8 Å². The average molecular weight is 375 g/mol. The molecule has 2 heterocycles. The second-order valence-corrected chi connectivity index (χ2v) is 5.18. The lowest BCUT2D eigenvalue weighted by molar-refractivity contribution is -0.596. The van der Waals surface area contributed by atoms with Gasteiger partial charge in [0.05, 0.1) is 0 Å². The van der Waals surface area contributed by atoms with Crippen molar-refractivity contribution in [1.82, 2.24) is 0 Å². The van der Waals surface area contributed by atoms with E-state index in [0.29, 0.717) is 10.6 Å². The molecule has 2 aromatic heterocycles. The van der Waals surface area contributed by atoms with Crippen LogP contribution in [0.25, 0.3) is 5.69 Å². The summed E-state index contributed by atoms with van der Waals surface area (Å²) < 4.78 is 3.00. The summed E-state index contributed by atoms with van der Waals surface area (Å²) in [4.78, 5) is 0.579. The molecule has 0 spiro atoms. The molecule has 0 atom stereocenters. The normalized spacial score (nSPS) is 9.41. The molecule has 2 N–H and O–H groups in total. The molecule has 0 fully saturated rings. The maximum Gasteiger partial charge on any atom is 0.259 e. The van der Waals surface area contributed by atoms with E-state index in [0.717, 1.165) is 9.90 Å². The van der Waals surface area contributed by atoms with Gasteiger partial charge in [-0.2, -0.15) is 9.83 Å². The van der Waals surface area contributed by atoms with Crippen molar-refractivity contribution in [2.75, 3.05) is 12.0 Å². The Labute approximate surface area is 125 Å². The molecule has 0 saturated heterocycles. The number of thioether (sulfide) groups is 1. The van der Waals surface area contributed by atoms with Crippen molar-refractivity contribution < 1.29 is 28.5 Å². The number of aromatic nitrogens is 1. The first-order chi connectivity index (χ1) is 7.77. The monoisotopic (exact) mass is 375 g/mol. The SMILES string of the molecule is CSc1sc(C#N)c(N)c1-[n+]1ccccc1.[I-]. The first-order valence-electron chi connectivity index (χ1n) is 4.61. The summed E-state index contributed by atoms with van der Waals surface area (Å²) in [5.74, 6) is 0. The lowest BCUT2D eigenvalue weighted by atomic mass is 10.3. The molecule has 0 radical (unpaired) electrons. The summed E-state index contributed by atoms with van der Waals surface area (Å²) >= 11 is 3.04. The van der Waals surface area contributed by atoms with Crippen molar-refractivity contribution in [3.8, 4) is 11.8 Å². The molecule has 0 aromatic carbocycles. The Hall–Kier alpha value is -0.780. The Balaban J connectivity index is 0.00000144. The lowest BCUT2D eigenvalue weighted by Gasteiger charge is -1.96. The number of rotatable bonds is 2. The van der Waals surface area contributed by atoms with Gasteiger partial charge in [0, 0.05) is 12.1 Å². The van der Waals surface area contributed by atoms with Crippen LogP contribution in [-0.4, -0.2) is 6.26 Å². The molecule has 0 unspecified atom stereocenters. The number of pyridine rings is 1. The fraction of sp³-hybridized carbons (Fsp3) is 0.0909. The van der Waals surface area contributed by atoms with Gasteiger partial charge in [0.1, 0.15) is 20.8 Å². The Kier molecular flexibility index (Phi) is 5.24. The van der Waals surface area contributed by atoms with Gasteiger partial charge in [-0.3, -0.25) is 0 Å². The summed E-state index contributed by atoms with van der Waals surface area (Å²) in [5.41, 5.74) is 7.45. The van der Waals surface area contributed by atoms with E-state index in [4.69, 9.17) is 11.0 Å². The molecular formula is C11H10IN3S2. The molecule has 0 saturated carbocycles. The summed E-state index contributed by atoms with van der Waals surface area (Å²) in [6, 6.07) is 7.95. The molecule has 2 aromatic rings. The minimum Gasteiger partial charge on any atom is -1.00 e. The number of nitriles is 1. The minimum atomic E-state index is 0. The van der Waals surface area contributed by atoms with Gasteiger partial charge < -0.3 is 29.7 Å². The predicted octanol–water partition coefficient (Wildman–Crippen LogP) is -0.795. The van der Waals surface area contributed by atoms with E-state index in [9.17, 15) is 0 Å². The third-order valence-electron chi connectivity index (χ3n) is 2.15. The second kappa shape index (κ2) is 6.23. The first kappa shape index (κ1) is 14.3. The number of thiophene rings is 1. The highest BCUT2D eigenvalue weighted by atomic mass is 127. The quantitative estimate of drug-likeness (QED) is 0.425. The third-order valence-corrected chi connectivity index (χ3v) is 4.36. The van der Waals surface area contributed by atoms with E-state index in [2.05, 4.69) is 6.07 Å². The Bertz CT molecular complexity index is 546. The van der Waals surface area contributed by atoms with Gasteiger partial charge in [-0.25, -0.2) is 0 Å². The predicted molar refractivity (Wildman–Crippen MR) is 66.8 cm³/mol. The fourth-order valence-electron chi connectivity index (χ4n) is 1.43. The zero-order valence-corrected chi connectivity index (χ0v) is 12.8. The number of anilines is 1. The van der Waals surface area contributed by atoms with E-state index in [1.165, 1.54) is 11.3 Å². The van der Waals surface area contributed by atoms with Crippen LogP contribution >= 0.6 is 23.1 Å². The third kappa shape index (κ3) is 2.73. The van der Waals surface area contributed by atoms with Crippen LogP contribution in [0.1, 0.15) is 4.88 Å². The van der Waals surface area contributed by atoms with Gasteiger partial charge in [0.2, 0.25) is 0 Å². The zero-order chi connectivity index (χ0) is 11.5. The van der Waals surface area contributed by atoms with Gasteiger partial charge in [-0.15, -0.1) is 23.1 Å². The van der Waals surface area contributed by atoms with Crippen LogP contribution in [0.4, 0.5) is 5.69 Å². The highest BCUT2D eigenvalue weighted by Crippen LogP contribution is 2.36. The molecule has 17 heavy (non-hydrogen) atoms. The topological polar surface area (TPSA) is 53.7 Å². The number of nitrogen functional groups attached to an aromatic ring is 1. The highest BCUT2D eigenvalue weighted by molar-refractivity contribution is 8.00. The maximum absolute atomic E-state index is 8.96. The van der Waals surface area contributed by atoms with Crippen molar-refractivity contribution >= 4 is 28.8 Å². The van der Waals surface area contributed by atoms with Gasteiger partial charge in [-0.05, 0) is 6.26 Å². The van der Waals surface area contributed by atoms with E-state index in [-0.39, 0.29) is 24.0 Å². The van der Waals surface area contributed by atoms with Crippen molar-refractivity contribution in [3.05, 3.63) is 35.5 Å². The Morgan fingerprint density at radius 1 is 1.35 bits per heavy atom. The molecule has 2 rings (SSSR count). The molecule has 88 valence electrons. The van der Waals surface area contributed by atoms with Gasteiger partial charge >= 0.3 is 0 Å². The fourth-order valence-corrected chi connectivity index (χ4v) is 3.17. The van der Waals surface area contributed by atoms with Crippen LogP contribution in [0, 0.1) is 11.3 Å². The molecule has 0 aliphatic heterocycles. The van der Waals surface area contributed by atoms with Crippen molar-refractivity contribution in [3.63, 3.8) is 0 Å². The number of nitrogens with zero attached hydrogens (tertiary/aromatic N) is 2. The smallest absolute Gasteiger partial charge is 0.259 e. The number of nitrogens with two attached hydrogens (primary N) is 1. The maximum atomic E-state index is 8.96. The molecule has 3 nitrogen and oxygen atoms in total. The minimum absolute atomic E-state index is 0. The molecule has 0 amide bonds. The highest BCUT2D eigenvalue weighted by Gasteiger charge is 2.23. The van der Waals surface area contributed by atoms with E-state index in [1.807, 2.05) is 41.4 Å². The molecule has 0 bridgehead atoms. The molecule has 6 heteroatoms. The Morgan fingerprint density at radius 3 is 2.53 bits per heavy atom. The van der Waals surface area contributed by atoms with E-state index < -0.39 is 0 Å². The van der Waals surface area contributed by atoms with E-state index >= 15 is 0 Å². The summed E-state index contributed by atoms with van der Waals surface area (Å²) in [5, 5.41) is 8.96.